The molecule has 0 aliphatic rings. The fourth-order valence-corrected chi connectivity index (χ4v) is 2.15. The molecule has 0 aliphatic carbocycles. The van der Waals surface area contributed by atoms with Crippen LogP contribution in [0.2, 0.25) is 0 Å². The Morgan fingerprint density at radius 2 is 2.24 bits per heavy atom. The fourth-order valence-electron chi connectivity index (χ4n) is 1.51. The molecule has 17 heavy (non-hydrogen) atoms. The van der Waals surface area contributed by atoms with Crippen molar-refractivity contribution in [3.63, 3.8) is 0 Å². The van der Waals surface area contributed by atoms with E-state index in [4.69, 9.17) is 0 Å². The molecule has 0 unspecified atom stereocenters. The summed E-state index contributed by atoms with van der Waals surface area (Å²) in [6, 6.07) is 8.87. The summed E-state index contributed by atoms with van der Waals surface area (Å²) >= 11 is 1.66. The van der Waals surface area contributed by atoms with Gasteiger partial charge in [-0.25, -0.2) is 0 Å². The molecule has 0 radical (unpaired) electrons. The van der Waals surface area contributed by atoms with Gasteiger partial charge in [0.25, 0.3) is 5.69 Å². The lowest BCUT2D eigenvalue weighted by molar-refractivity contribution is -0.384. The van der Waals surface area contributed by atoms with Crippen LogP contribution in [0.15, 0.2) is 35.7 Å². The Labute approximate surface area is 103 Å². The normalized spacial score (nSPS) is 10.2. The Bertz CT molecular complexity index is 523. The van der Waals surface area contributed by atoms with E-state index >= 15 is 0 Å². The number of hydrogen-bond acceptors (Lipinski definition) is 4. The predicted molar refractivity (Wildman–Crippen MR) is 69.5 cm³/mol. The van der Waals surface area contributed by atoms with Crippen molar-refractivity contribution in [3.8, 4) is 0 Å². The Morgan fingerprint density at radius 3 is 2.88 bits per heavy atom. The van der Waals surface area contributed by atoms with Crippen molar-refractivity contribution in [1.82, 2.24) is 0 Å². The minimum absolute atomic E-state index is 0.115. The third kappa shape index (κ3) is 2.82. The molecule has 0 amide bonds. The molecule has 0 aliphatic heterocycles. The van der Waals surface area contributed by atoms with Crippen LogP contribution in [-0.4, -0.2) is 4.92 Å². The van der Waals surface area contributed by atoms with Gasteiger partial charge in [0, 0.05) is 29.2 Å². The van der Waals surface area contributed by atoms with Gasteiger partial charge in [-0.05, 0) is 23.9 Å². The highest BCUT2D eigenvalue weighted by atomic mass is 32.1. The number of hydrogen-bond donors (Lipinski definition) is 1. The molecule has 1 aromatic carbocycles. The Hall–Kier alpha value is -1.88. The summed E-state index contributed by atoms with van der Waals surface area (Å²) in [5, 5.41) is 15.9. The van der Waals surface area contributed by atoms with Crippen molar-refractivity contribution >= 4 is 22.7 Å². The highest BCUT2D eigenvalue weighted by Gasteiger charge is 2.08. The third-order valence-corrected chi connectivity index (χ3v) is 3.34. The number of thiophene rings is 1. The fraction of sp³-hybridized carbons (Fsp3) is 0.167. The van der Waals surface area contributed by atoms with Crippen LogP contribution in [0.5, 0.6) is 0 Å². The van der Waals surface area contributed by atoms with E-state index in [0.717, 1.165) is 11.3 Å². The number of non-ortho nitro benzene ring substituents is 1. The summed E-state index contributed by atoms with van der Waals surface area (Å²) in [5.74, 6) is 0. The smallest absolute Gasteiger partial charge is 0.271 e. The van der Waals surface area contributed by atoms with E-state index in [2.05, 4.69) is 5.32 Å². The number of nitrogens with zero attached hydrogens (tertiary/aromatic N) is 1. The molecule has 2 rings (SSSR count). The molecule has 1 N–H and O–H groups in total. The molecule has 0 fully saturated rings. The monoisotopic (exact) mass is 248 g/mol. The van der Waals surface area contributed by atoms with Gasteiger partial charge in [-0.1, -0.05) is 12.1 Å². The molecule has 88 valence electrons. The second-order valence-corrected chi connectivity index (χ2v) is 4.72. The van der Waals surface area contributed by atoms with Gasteiger partial charge in [-0.3, -0.25) is 10.1 Å². The lowest BCUT2D eigenvalue weighted by Gasteiger charge is -2.08. The number of nitro groups is 1. The maximum Gasteiger partial charge on any atom is 0.271 e. The third-order valence-electron chi connectivity index (χ3n) is 2.47. The first-order chi connectivity index (χ1) is 8.16. The summed E-state index contributed by atoms with van der Waals surface area (Å²) in [4.78, 5) is 11.5. The van der Waals surface area contributed by atoms with Crippen LogP contribution in [0, 0.1) is 17.0 Å². The molecular weight excluding hydrogens is 236 g/mol. The van der Waals surface area contributed by atoms with Crippen molar-refractivity contribution in [1.29, 1.82) is 0 Å². The highest BCUT2D eigenvalue weighted by molar-refractivity contribution is 7.09. The van der Waals surface area contributed by atoms with E-state index in [1.54, 1.807) is 23.5 Å². The summed E-state index contributed by atoms with van der Waals surface area (Å²) in [5.41, 5.74) is 1.93. The Kier molecular flexibility index (Phi) is 3.39. The minimum atomic E-state index is -0.379. The number of anilines is 1. The number of benzene rings is 1. The zero-order valence-corrected chi connectivity index (χ0v) is 10.2. The van der Waals surface area contributed by atoms with E-state index < -0.39 is 0 Å². The lowest BCUT2D eigenvalue weighted by atomic mass is 10.2. The standard InChI is InChI=1S/C12H12N2O2S/c1-9-4-5-10(14(15)16)7-12(9)13-8-11-3-2-6-17-11/h2-7,13H,8H2,1H3. The number of nitro benzene ring substituents is 1. The number of aryl methyl sites for hydroxylation is 1. The molecule has 4 nitrogen and oxygen atoms in total. The summed E-state index contributed by atoms with van der Waals surface area (Å²) in [6.45, 7) is 2.63. The molecule has 0 saturated heterocycles. The van der Waals surface area contributed by atoms with Gasteiger partial charge >= 0.3 is 0 Å². The zero-order chi connectivity index (χ0) is 12.3. The van der Waals surface area contributed by atoms with Crippen molar-refractivity contribution in [2.45, 2.75) is 13.5 Å². The molecule has 0 saturated carbocycles. The van der Waals surface area contributed by atoms with Crippen molar-refractivity contribution < 1.29 is 4.92 Å². The van der Waals surface area contributed by atoms with E-state index in [-0.39, 0.29) is 10.6 Å². The summed E-state index contributed by atoms with van der Waals surface area (Å²) in [6.07, 6.45) is 0. The van der Waals surface area contributed by atoms with Gasteiger partial charge in [0.2, 0.25) is 0 Å². The second-order valence-electron chi connectivity index (χ2n) is 3.69. The van der Waals surface area contributed by atoms with Gasteiger partial charge in [0.15, 0.2) is 0 Å². The molecular formula is C12H12N2O2S. The maximum atomic E-state index is 10.7. The SMILES string of the molecule is Cc1ccc([N+](=O)[O-])cc1NCc1cccs1. The van der Waals surface area contributed by atoms with Crippen LogP contribution in [0.3, 0.4) is 0 Å². The van der Waals surface area contributed by atoms with Gasteiger partial charge < -0.3 is 5.32 Å². The van der Waals surface area contributed by atoms with Gasteiger partial charge in [-0.2, -0.15) is 0 Å². The van der Waals surface area contributed by atoms with Crippen molar-refractivity contribution in [2.75, 3.05) is 5.32 Å². The van der Waals surface area contributed by atoms with Crippen LogP contribution in [0.25, 0.3) is 0 Å². The Balaban J connectivity index is 2.14. The average molecular weight is 248 g/mol. The largest absolute Gasteiger partial charge is 0.380 e. The van der Waals surface area contributed by atoms with Crippen LogP contribution in [-0.2, 0) is 6.54 Å². The van der Waals surface area contributed by atoms with E-state index in [9.17, 15) is 10.1 Å². The summed E-state index contributed by atoms with van der Waals surface area (Å²) in [7, 11) is 0. The lowest BCUT2D eigenvalue weighted by Crippen LogP contribution is -2.00. The number of rotatable bonds is 4. The van der Waals surface area contributed by atoms with Crippen LogP contribution in [0.4, 0.5) is 11.4 Å². The zero-order valence-electron chi connectivity index (χ0n) is 9.34. The van der Waals surface area contributed by atoms with Gasteiger partial charge in [-0.15, -0.1) is 11.3 Å². The minimum Gasteiger partial charge on any atom is -0.380 e. The van der Waals surface area contributed by atoms with Crippen LogP contribution in [0.1, 0.15) is 10.4 Å². The molecule has 0 bridgehead atoms. The first kappa shape index (κ1) is 11.6. The molecule has 1 heterocycles. The second kappa shape index (κ2) is 4.97. The van der Waals surface area contributed by atoms with Crippen LogP contribution >= 0.6 is 11.3 Å². The van der Waals surface area contributed by atoms with Gasteiger partial charge in [0.05, 0.1) is 4.92 Å². The quantitative estimate of drug-likeness (QED) is 0.664. The molecule has 0 atom stereocenters. The molecule has 2 aromatic rings. The summed E-state index contributed by atoms with van der Waals surface area (Å²) < 4.78 is 0. The predicted octanol–water partition coefficient (Wildman–Crippen LogP) is 3.58. The van der Waals surface area contributed by atoms with Crippen LogP contribution < -0.4 is 5.32 Å². The van der Waals surface area contributed by atoms with E-state index in [1.165, 1.54) is 10.9 Å². The maximum absolute atomic E-state index is 10.7. The van der Waals surface area contributed by atoms with Gasteiger partial charge in [0.1, 0.15) is 0 Å². The van der Waals surface area contributed by atoms with Crippen molar-refractivity contribution in [3.05, 3.63) is 56.3 Å². The average Bonchev–Trinajstić information content (AvgIpc) is 2.80. The molecule has 5 heteroatoms. The van der Waals surface area contributed by atoms with Crippen molar-refractivity contribution in [2.24, 2.45) is 0 Å². The van der Waals surface area contributed by atoms with E-state index in [1.807, 2.05) is 24.4 Å². The highest BCUT2D eigenvalue weighted by Crippen LogP contribution is 2.22. The molecule has 0 spiro atoms. The first-order valence-electron chi connectivity index (χ1n) is 5.18. The Morgan fingerprint density at radius 1 is 1.41 bits per heavy atom. The first-order valence-corrected chi connectivity index (χ1v) is 6.06. The molecule has 1 aromatic heterocycles. The van der Waals surface area contributed by atoms with E-state index in [0.29, 0.717) is 6.54 Å². The topological polar surface area (TPSA) is 55.2 Å². The number of nitrogens with one attached hydrogen (secondary N) is 1.